The van der Waals surface area contributed by atoms with E-state index in [1.807, 2.05) is 9.80 Å². The number of nitrogens with zero attached hydrogens (tertiary/aromatic N) is 3. The summed E-state index contributed by atoms with van der Waals surface area (Å²) >= 11 is 0. The topological polar surface area (TPSA) is 93.0 Å². The van der Waals surface area contributed by atoms with E-state index in [4.69, 9.17) is 0 Å². The largest absolute Gasteiger partial charge is 0.465 e. The summed E-state index contributed by atoms with van der Waals surface area (Å²) in [5.74, 6) is -0.304. The standard InChI is InChI=1S/C18H23N3O5/c1-26-18(23)15-12-14(6-7-16(15)21(24)25)19-8-10-20(11-9-19)17(22)13-4-2-3-5-13/h6-7,12-13H,2-5,8-11H2,1H3. The summed E-state index contributed by atoms with van der Waals surface area (Å²) in [5, 5.41) is 11.1. The number of rotatable bonds is 4. The van der Waals surface area contributed by atoms with E-state index in [2.05, 4.69) is 4.74 Å². The Morgan fingerprint density at radius 3 is 2.38 bits per heavy atom. The van der Waals surface area contributed by atoms with Crippen molar-refractivity contribution in [2.24, 2.45) is 5.92 Å². The molecule has 1 aromatic carbocycles. The highest BCUT2D eigenvalue weighted by molar-refractivity contribution is 5.95. The van der Waals surface area contributed by atoms with Crippen LogP contribution < -0.4 is 4.90 Å². The molecule has 1 saturated carbocycles. The van der Waals surface area contributed by atoms with Gasteiger partial charge in [0, 0.05) is 43.9 Å². The molecule has 8 nitrogen and oxygen atoms in total. The van der Waals surface area contributed by atoms with E-state index >= 15 is 0 Å². The number of methoxy groups -OCH3 is 1. The predicted octanol–water partition coefficient (Wildman–Crippen LogP) is 2.22. The molecule has 1 aliphatic carbocycles. The van der Waals surface area contributed by atoms with Gasteiger partial charge in [0.2, 0.25) is 5.91 Å². The van der Waals surface area contributed by atoms with Crippen molar-refractivity contribution in [2.45, 2.75) is 25.7 Å². The van der Waals surface area contributed by atoms with Gasteiger partial charge in [-0.05, 0) is 25.0 Å². The molecular weight excluding hydrogens is 338 g/mol. The number of amides is 1. The average Bonchev–Trinajstić information content (AvgIpc) is 3.21. The lowest BCUT2D eigenvalue weighted by atomic mass is 10.1. The number of esters is 1. The molecule has 1 heterocycles. The number of carbonyl (C=O) groups excluding carboxylic acids is 2. The minimum Gasteiger partial charge on any atom is -0.465 e. The van der Waals surface area contributed by atoms with Gasteiger partial charge in [-0.3, -0.25) is 14.9 Å². The summed E-state index contributed by atoms with van der Waals surface area (Å²) in [4.78, 5) is 38.9. The Morgan fingerprint density at radius 1 is 1.15 bits per heavy atom. The molecule has 1 saturated heterocycles. The monoisotopic (exact) mass is 361 g/mol. The molecule has 0 spiro atoms. The van der Waals surface area contributed by atoms with Crippen molar-refractivity contribution in [3.8, 4) is 0 Å². The number of nitro benzene ring substituents is 1. The lowest BCUT2D eigenvalue weighted by Crippen LogP contribution is -2.50. The van der Waals surface area contributed by atoms with Crippen molar-refractivity contribution in [1.82, 2.24) is 4.90 Å². The maximum absolute atomic E-state index is 12.5. The van der Waals surface area contributed by atoms with E-state index in [9.17, 15) is 19.7 Å². The van der Waals surface area contributed by atoms with Crippen LogP contribution in [-0.4, -0.2) is 55.0 Å². The highest BCUT2D eigenvalue weighted by Crippen LogP contribution is 2.29. The summed E-state index contributed by atoms with van der Waals surface area (Å²) in [5.41, 5.74) is 0.402. The number of hydrogen-bond acceptors (Lipinski definition) is 6. The molecule has 0 aromatic heterocycles. The minimum absolute atomic E-state index is 0.0561. The van der Waals surface area contributed by atoms with Crippen LogP contribution in [0.2, 0.25) is 0 Å². The van der Waals surface area contributed by atoms with Gasteiger partial charge in [0.05, 0.1) is 12.0 Å². The molecule has 1 amide bonds. The van der Waals surface area contributed by atoms with Crippen LogP contribution in [0.4, 0.5) is 11.4 Å². The second kappa shape index (κ2) is 7.72. The van der Waals surface area contributed by atoms with Crippen LogP contribution in [0.25, 0.3) is 0 Å². The van der Waals surface area contributed by atoms with Gasteiger partial charge in [0.15, 0.2) is 0 Å². The highest BCUT2D eigenvalue weighted by Gasteiger charge is 2.30. The molecule has 0 radical (unpaired) electrons. The van der Waals surface area contributed by atoms with Crippen LogP contribution in [-0.2, 0) is 9.53 Å². The number of nitro groups is 1. The maximum atomic E-state index is 12.5. The van der Waals surface area contributed by atoms with Gasteiger partial charge in [0.25, 0.3) is 5.69 Å². The Balaban J connectivity index is 1.70. The lowest BCUT2D eigenvalue weighted by molar-refractivity contribution is -0.385. The number of piperazine rings is 1. The molecule has 1 aliphatic heterocycles. The summed E-state index contributed by atoms with van der Waals surface area (Å²) in [7, 11) is 1.20. The normalized spacial score (nSPS) is 18.0. The quantitative estimate of drug-likeness (QED) is 0.464. The smallest absolute Gasteiger partial charge is 0.344 e. The van der Waals surface area contributed by atoms with Crippen molar-refractivity contribution < 1.29 is 19.2 Å². The molecule has 0 N–H and O–H groups in total. The Bertz CT molecular complexity index is 707. The fraction of sp³-hybridized carbons (Fsp3) is 0.556. The van der Waals surface area contributed by atoms with Gasteiger partial charge >= 0.3 is 5.97 Å². The average molecular weight is 361 g/mol. The van der Waals surface area contributed by atoms with E-state index in [1.165, 1.54) is 19.2 Å². The number of carbonyl (C=O) groups is 2. The molecule has 3 rings (SSSR count). The number of benzene rings is 1. The van der Waals surface area contributed by atoms with Crippen LogP contribution in [0.15, 0.2) is 18.2 Å². The van der Waals surface area contributed by atoms with Gasteiger partial charge in [0.1, 0.15) is 5.56 Å². The van der Waals surface area contributed by atoms with E-state index in [-0.39, 0.29) is 23.1 Å². The molecule has 0 bridgehead atoms. The third kappa shape index (κ3) is 3.63. The zero-order valence-corrected chi connectivity index (χ0v) is 14.8. The lowest BCUT2D eigenvalue weighted by Gasteiger charge is -2.37. The molecule has 0 atom stereocenters. The van der Waals surface area contributed by atoms with Gasteiger partial charge in [-0.2, -0.15) is 0 Å². The minimum atomic E-state index is -0.728. The third-order valence-electron chi connectivity index (χ3n) is 5.24. The molecule has 0 unspecified atom stereocenters. The van der Waals surface area contributed by atoms with Crippen molar-refractivity contribution in [3.63, 3.8) is 0 Å². The highest BCUT2D eigenvalue weighted by atomic mass is 16.6. The number of ether oxygens (including phenoxy) is 1. The summed E-state index contributed by atoms with van der Waals surface area (Å²) in [6.07, 6.45) is 4.25. The van der Waals surface area contributed by atoms with Crippen LogP contribution >= 0.6 is 0 Å². The molecule has 8 heteroatoms. The van der Waals surface area contributed by atoms with E-state index in [0.717, 1.165) is 31.4 Å². The van der Waals surface area contributed by atoms with Crippen molar-refractivity contribution in [1.29, 1.82) is 0 Å². The van der Waals surface area contributed by atoms with E-state index in [1.54, 1.807) is 6.07 Å². The van der Waals surface area contributed by atoms with Crippen LogP contribution in [0.1, 0.15) is 36.0 Å². The fourth-order valence-electron chi connectivity index (χ4n) is 3.77. The second-order valence-corrected chi connectivity index (χ2v) is 6.74. The predicted molar refractivity (Wildman–Crippen MR) is 95.2 cm³/mol. The molecule has 2 aliphatic rings. The summed E-state index contributed by atoms with van der Waals surface area (Å²) < 4.78 is 4.66. The Morgan fingerprint density at radius 2 is 1.81 bits per heavy atom. The van der Waals surface area contributed by atoms with Gasteiger partial charge in [-0.1, -0.05) is 12.8 Å². The van der Waals surface area contributed by atoms with Gasteiger partial charge < -0.3 is 14.5 Å². The van der Waals surface area contributed by atoms with Crippen LogP contribution in [0.3, 0.4) is 0 Å². The van der Waals surface area contributed by atoms with Crippen molar-refractivity contribution in [2.75, 3.05) is 38.2 Å². The van der Waals surface area contributed by atoms with Crippen LogP contribution in [0.5, 0.6) is 0 Å². The fourth-order valence-corrected chi connectivity index (χ4v) is 3.77. The first kappa shape index (κ1) is 18.2. The van der Waals surface area contributed by atoms with E-state index in [0.29, 0.717) is 26.2 Å². The third-order valence-corrected chi connectivity index (χ3v) is 5.24. The number of hydrogen-bond donors (Lipinski definition) is 0. The Hall–Kier alpha value is -2.64. The van der Waals surface area contributed by atoms with Crippen molar-refractivity contribution >= 4 is 23.3 Å². The zero-order valence-electron chi connectivity index (χ0n) is 14.8. The Kier molecular flexibility index (Phi) is 5.39. The maximum Gasteiger partial charge on any atom is 0.344 e. The summed E-state index contributed by atoms with van der Waals surface area (Å²) in [6, 6.07) is 4.47. The first-order valence-electron chi connectivity index (χ1n) is 8.91. The van der Waals surface area contributed by atoms with E-state index < -0.39 is 10.9 Å². The molecular formula is C18H23N3O5. The first-order valence-corrected chi connectivity index (χ1v) is 8.91. The summed E-state index contributed by atoms with van der Waals surface area (Å²) in [6.45, 7) is 2.52. The molecule has 2 fully saturated rings. The number of anilines is 1. The Labute approximate surface area is 151 Å². The molecule has 140 valence electrons. The molecule has 1 aromatic rings. The SMILES string of the molecule is COC(=O)c1cc(N2CCN(C(=O)C3CCCC3)CC2)ccc1[N+](=O)[O-]. The van der Waals surface area contributed by atoms with Crippen LogP contribution in [0, 0.1) is 16.0 Å². The second-order valence-electron chi connectivity index (χ2n) is 6.74. The van der Waals surface area contributed by atoms with Gasteiger partial charge in [-0.15, -0.1) is 0 Å². The molecule has 26 heavy (non-hydrogen) atoms. The van der Waals surface area contributed by atoms with Gasteiger partial charge in [-0.25, -0.2) is 4.79 Å². The van der Waals surface area contributed by atoms with Crippen molar-refractivity contribution in [3.05, 3.63) is 33.9 Å². The zero-order chi connectivity index (χ0) is 18.7. The first-order chi connectivity index (χ1) is 12.5.